The number of anilines is 1. The van der Waals surface area contributed by atoms with Crippen molar-refractivity contribution in [3.05, 3.63) is 12.3 Å². The van der Waals surface area contributed by atoms with E-state index >= 15 is 0 Å². The zero-order valence-corrected chi connectivity index (χ0v) is 10.6. The van der Waals surface area contributed by atoms with Gasteiger partial charge in [-0.1, -0.05) is 6.92 Å². The highest BCUT2D eigenvalue weighted by Crippen LogP contribution is 2.08. The van der Waals surface area contributed by atoms with Crippen LogP contribution >= 0.6 is 0 Å². The predicted molar refractivity (Wildman–Crippen MR) is 67.4 cm³/mol. The molecule has 0 aromatic carbocycles. The van der Waals surface area contributed by atoms with Crippen molar-refractivity contribution < 1.29 is 9.47 Å². The Hall–Kier alpha value is -1.36. The van der Waals surface area contributed by atoms with Gasteiger partial charge in [0.05, 0.1) is 6.61 Å². The van der Waals surface area contributed by atoms with Gasteiger partial charge in [0.1, 0.15) is 0 Å². The number of hydrogen-bond acceptors (Lipinski definition) is 5. The van der Waals surface area contributed by atoms with Crippen LogP contribution in [0.15, 0.2) is 12.3 Å². The highest BCUT2D eigenvalue weighted by molar-refractivity contribution is 5.27. The molecule has 0 saturated heterocycles. The Labute approximate surface area is 103 Å². The van der Waals surface area contributed by atoms with Crippen molar-refractivity contribution >= 4 is 5.95 Å². The molecular formula is C12H21N3O2. The molecule has 0 aliphatic rings. The molecular weight excluding hydrogens is 218 g/mol. The fraction of sp³-hybridized carbons (Fsp3) is 0.667. The maximum Gasteiger partial charge on any atom is 0.225 e. The first-order chi connectivity index (χ1) is 8.36. The van der Waals surface area contributed by atoms with Crippen molar-refractivity contribution in [2.75, 3.05) is 31.7 Å². The largest absolute Gasteiger partial charge is 0.478 e. The summed E-state index contributed by atoms with van der Waals surface area (Å²) in [5, 5.41) is 3.14. The van der Waals surface area contributed by atoms with Crippen LogP contribution in [0.5, 0.6) is 5.88 Å². The first kappa shape index (κ1) is 13.7. The average molecular weight is 239 g/mol. The molecule has 96 valence electrons. The summed E-state index contributed by atoms with van der Waals surface area (Å²) in [7, 11) is 0. The van der Waals surface area contributed by atoms with E-state index < -0.39 is 0 Å². The normalized spacial score (nSPS) is 10.2. The number of nitrogens with one attached hydrogen (secondary N) is 1. The highest BCUT2D eigenvalue weighted by Gasteiger charge is 1.98. The monoisotopic (exact) mass is 239 g/mol. The van der Waals surface area contributed by atoms with Crippen molar-refractivity contribution in [1.29, 1.82) is 0 Å². The van der Waals surface area contributed by atoms with E-state index in [1.54, 1.807) is 12.3 Å². The van der Waals surface area contributed by atoms with Gasteiger partial charge in [-0.25, -0.2) is 4.98 Å². The lowest BCUT2D eigenvalue weighted by Gasteiger charge is -2.07. The summed E-state index contributed by atoms with van der Waals surface area (Å²) in [5.74, 6) is 1.23. The second-order valence-electron chi connectivity index (χ2n) is 3.54. The minimum absolute atomic E-state index is 0.607. The quantitative estimate of drug-likeness (QED) is 0.669. The molecule has 0 bridgehead atoms. The summed E-state index contributed by atoms with van der Waals surface area (Å²) in [6.45, 7) is 7.06. The molecule has 0 amide bonds. The molecule has 0 saturated carbocycles. The number of nitrogens with zero attached hydrogens (tertiary/aromatic N) is 2. The van der Waals surface area contributed by atoms with Crippen LogP contribution in [0.4, 0.5) is 5.95 Å². The van der Waals surface area contributed by atoms with E-state index in [9.17, 15) is 0 Å². The Balaban J connectivity index is 2.27. The second kappa shape index (κ2) is 8.75. The van der Waals surface area contributed by atoms with E-state index in [1.807, 2.05) is 6.92 Å². The Morgan fingerprint density at radius 2 is 2.18 bits per heavy atom. The van der Waals surface area contributed by atoms with Crippen molar-refractivity contribution in [2.24, 2.45) is 0 Å². The van der Waals surface area contributed by atoms with E-state index in [0.717, 1.165) is 32.6 Å². The van der Waals surface area contributed by atoms with Crippen molar-refractivity contribution in [3.8, 4) is 5.88 Å². The summed E-state index contributed by atoms with van der Waals surface area (Å²) >= 11 is 0. The van der Waals surface area contributed by atoms with Gasteiger partial charge in [0.15, 0.2) is 0 Å². The Morgan fingerprint density at radius 3 is 2.94 bits per heavy atom. The number of hydrogen-bond donors (Lipinski definition) is 1. The molecule has 1 heterocycles. The third kappa shape index (κ3) is 6.06. The van der Waals surface area contributed by atoms with Crippen molar-refractivity contribution in [1.82, 2.24) is 9.97 Å². The third-order valence-electron chi connectivity index (χ3n) is 2.04. The Kier molecular flexibility index (Phi) is 7.06. The van der Waals surface area contributed by atoms with Crippen LogP contribution in [0, 0.1) is 0 Å². The SMILES string of the molecule is CCCOc1ccnc(NCCCOCC)n1. The molecule has 1 rings (SSSR count). The average Bonchev–Trinajstić information content (AvgIpc) is 2.37. The summed E-state index contributed by atoms with van der Waals surface area (Å²) in [4.78, 5) is 8.37. The molecule has 0 atom stereocenters. The summed E-state index contributed by atoms with van der Waals surface area (Å²) in [6.07, 6.45) is 3.61. The van der Waals surface area contributed by atoms with Crippen LogP contribution in [0.25, 0.3) is 0 Å². The molecule has 1 aromatic rings. The number of rotatable bonds is 9. The predicted octanol–water partition coefficient (Wildman–Crippen LogP) is 2.10. The Morgan fingerprint density at radius 1 is 1.29 bits per heavy atom. The lowest BCUT2D eigenvalue weighted by molar-refractivity contribution is 0.147. The molecule has 5 nitrogen and oxygen atoms in total. The lowest BCUT2D eigenvalue weighted by Crippen LogP contribution is -2.09. The topological polar surface area (TPSA) is 56.3 Å². The number of ether oxygens (including phenoxy) is 2. The highest BCUT2D eigenvalue weighted by atomic mass is 16.5. The Bertz CT molecular complexity index is 308. The van der Waals surface area contributed by atoms with Crippen molar-refractivity contribution in [2.45, 2.75) is 26.7 Å². The van der Waals surface area contributed by atoms with Gasteiger partial charge in [0.2, 0.25) is 11.8 Å². The third-order valence-corrected chi connectivity index (χ3v) is 2.04. The summed E-state index contributed by atoms with van der Waals surface area (Å²) in [5.41, 5.74) is 0. The fourth-order valence-electron chi connectivity index (χ4n) is 1.23. The van der Waals surface area contributed by atoms with Crippen LogP contribution in [-0.2, 0) is 4.74 Å². The van der Waals surface area contributed by atoms with Crippen LogP contribution in [0.2, 0.25) is 0 Å². The van der Waals surface area contributed by atoms with E-state index in [-0.39, 0.29) is 0 Å². The van der Waals surface area contributed by atoms with Gasteiger partial charge >= 0.3 is 0 Å². The molecule has 0 radical (unpaired) electrons. The van der Waals surface area contributed by atoms with E-state index in [1.165, 1.54) is 0 Å². The van der Waals surface area contributed by atoms with E-state index in [0.29, 0.717) is 18.4 Å². The molecule has 0 fully saturated rings. The van der Waals surface area contributed by atoms with Gasteiger partial charge in [-0.3, -0.25) is 0 Å². The van der Waals surface area contributed by atoms with Gasteiger partial charge in [0, 0.05) is 32.0 Å². The molecule has 5 heteroatoms. The second-order valence-corrected chi connectivity index (χ2v) is 3.54. The van der Waals surface area contributed by atoms with E-state index in [2.05, 4.69) is 22.2 Å². The van der Waals surface area contributed by atoms with Gasteiger partial charge in [-0.15, -0.1) is 0 Å². The minimum Gasteiger partial charge on any atom is -0.478 e. The van der Waals surface area contributed by atoms with Crippen LogP contribution < -0.4 is 10.1 Å². The first-order valence-electron chi connectivity index (χ1n) is 6.14. The van der Waals surface area contributed by atoms with E-state index in [4.69, 9.17) is 9.47 Å². The van der Waals surface area contributed by atoms with Crippen LogP contribution in [0.1, 0.15) is 26.7 Å². The van der Waals surface area contributed by atoms with Crippen LogP contribution in [-0.4, -0.2) is 36.3 Å². The molecule has 1 aromatic heterocycles. The van der Waals surface area contributed by atoms with Crippen molar-refractivity contribution in [3.63, 3.8) is 0 Å². The molecule has 0 aliphatic carbocycles. The van der Waals surface area contributed by atoms with Crippen LogP contribution in [0.3, 0.4) is 0 Å². The smallest absolute Gasteiger partial charge is 0.225 e. The lowest BCUT2D eigenvalue weighted by atomic mass is 10.4. The summed E-state index contributed by atoms with van der Waals surface area (Å²) in [6, 6.07) is 1.76. The van der Waals surface area contributed by atoms with Gasteiger partial charge in [0.25, 0.3) is 0 Å². The maximum absolute atomic E-state index is 5.42. The maximum atomic E-state index is 5.42. The van der Waals surface area contributed by atoms with Gasteiger partial charge in [-0.2, -0.15) is 4.98 Å². The number of aromatic nitrogens is 2. The molecule has 17 heavy (non-hydrogen) atoms. The first-order valence-corrected chi connectivity index (χ1v) is 6.14. The van der Waals surface area contributed by atoms with Gasteiger partial charge < -0.3 is 14.8 Å². The fourth-order valence-corrected chi connectivity index (χ4v) is 1.23. The molecule has 1 N–H and O–H groups in total. The molecule has 0 unspecified atom stereocenters. The molecule has 0 spiro atoms. The zero-order valence-electron chi connectivity index (χ0n) is 10.6. The minimum atomic E-state index is 0.607. The summed E-state index contributed by atoms with van der Waals surface area (Å²) < 4.78 is 10.7. The van der Waals surface area contributed by atoms with Gasteiger partial charge in [-0.05, 0) is 19.8 Å². The standard InChI is InChI=1S/C12H21N3O2/c1-3-9-17-11-6-8-14-12(15-11)13-7-5-10-16-4-2/h6,8H,3-5,7,9-10H2,1-2H3,(H,13,14,15). The zero-order chi connectivity index (χ0) is 12.3. The molecule has 0 aliphatic heterocycles.